The number of carbonyl (C=O) groups is 3. The number of likely N-dealkylation sites (tertiary alicyclic amines) is 1. The topological polar surface area (TPSA) is 128 Å². The van der Waals surface area contributed by atoms with Crippen LogP contribution in [0.5, 0.6) is 0 Å². The van der Waals surface area contributed by atoms with Gasteiger partial charge in [0.1, 0.15) is 6.04 Å². The van der Waals surface area contributed by atoms with Gasteiger partial charge in [-0.3, -0.25) is 14.4 Å². The van der Waals surface area contributed by atoms with Crippen molar-refractivity contribution in [2.24, 2.45) is 28.4 Å². The van der Waals surface area contributed by atoms with E-state index in [0.29, 0.717) is 37.6 Å². The van der Waals surface area contributed by atoms with E-state index in [4.69, 9.17) is 5.26 Å². The first kappa shape index (κ1) is 27.9. The van der Waals surface area contributed by atoms with Crippen LogP contribution in [0.15, 0.2) is 0 Å². The monoisotopic (exact) mass is 423 g/mol. The number of amides is 3. The Balaban J connectivity index is 0.000000522. The van der Waals surface area contributed by atoms with Crippen LogP contribution in [0.2, 0.25) is 0 Å². The highest BCUT2D eigenvalue weighted by molar-refractivity contribution is 5.80. The second kappa shape index (κ2) is 12.5. The molecule has 172 valence electrons. The van der Waals surface area contributed by atoms with Gasteiger partial charge >= 0.3 is 0 Å². The van der Waals surface area contributed by atoms with Gasteiger partial charge in [0.2, 0.25) is 18.2 Å². The second-order valence-electron chi connectivity index (χ2n) is 9.88. The third-order valence-electron chi connectivity index (χ3n) is 5.57. The maximum absolute atomic E-state index is 12.0. The molecule has 3 unspecified atom stereocenters. The van der Waals surface area contributed by atoms with Gasteiger partial charge in [-0.15, -0.1) is 0 Å². The van der Waals surface area contributed by atoms with E-state index in [1.54, 1.807) is 0 Å². The molecule has 0 aromatic carbocycles. The smallest absolute Gasteiger partial charge is 0.223 e. The van der Waals surface area contributed by atoms with Crippen LogP contribution in [0.3, 0.4) is 0 Å². The summed E-state index contributed by atoms with van der Waals surface area (Å²) in [6, 6.07) is 1.38. The van der Waals surface area contributed by atoms with E-state index in [1.807, 2.05) is 11.0 Å². The number of nitrogens with two attached hydrogens (primary N) is 1. The Kier molecular flexibility index (Phi) is 11.6. The Bertz CT molecular complexity index is 607. The Morgan fingerprint density at radius 1 is 1.43 bits per heavy atom. The Hall–Kier alpha value is -2.14. The molecule has 0 spiro atoms. The average Bonchev–Trinajstić information content (AvgIpc) is 3.18. The van der Waals surface area contributed by atoms with Gasteiger partial charge in [0, 0.05) is 32.0 Å². The molecular weight excluding hydrogens is 382 g/mol. The quantitative estimate of drug-likeness (QED) is 0.579. The molecule has 8 heteroatoms. The normalized spacial score (nSPS) is 23.0. The molecule has 0 bridgehead atoms. The van der Waals surface area contributed by atoms with Crippen molar-refractivity contribution >= 4 is 18.2 Å². The van der Waals surface area contributed by atoms with Crippen molar-refractivity contribution in [1.82, 2.24) is 15.5 Å². The second-order valence-corrected chi connectivity index (χ2v) is 9.88. The van der Waals surface area contributed by atoms with Crippen molar-refractivity contribution in [3.63, 3.8) is 0 Å². The maximum atomic E-state index is 12.0. The van der Waals surface area contributed by atoms with E-state index < -0.39 is 6.04 Å². The SMILES string of the molecule is CC1CN(C(=O)CC(C)(C)C)CC1(C)C.CN.N#CC(CC1CCNC1=O)NC=O. The maximum Gasteiger partial charge on any atom is 0.223 e. The lowest BCUT2D eigenvalue weighted by Gasteiger charge is -2.24. The molecule has 30 heavy (non-hydrogen) atoms. The third-order valence-corrected chi connectivity index (χ3v) is 5.57. The molecule has 0 saturated carbocycles. The van der Waals surface area contributed by atoms with Gasteiger partial charge in [-0.2, -0.15) is 5.26 Å². The summed E-state index contributed by atoms with van der Waals surface area (Å²) in [5.74, 6) is 0.784. The highest BCUT2D eigenvalue weighted by atomic mass is 16.2. The summed E-state index contributed by atoms with van der Waals surface area (Å²) in [6.45, 7) is 15.6. The molecule has 4 N–H and O–H groups in total. The number of nitrogens with one attached hydrogen (secondary N) is 2. The standard InChI is InChI=1S/C13H25NO.C8H11N3O2.CH5N/c1-10-8-14(9-13(10,5)6)11(15)7-12(2,3)4;9-4-7(11-5-12)3-6-1-2-10-8(6)13;1-2/h10H,7-9H2,1-6H3;5-7H,1-3H2,(H,10,13)(H,11,12);2H2,1H3. The van der Waals surface area contributed by atoms with Crippen LogP contribution in [-0.4, -0.2) is 55.8 Å². The molecule has 2 aliphatic rings. The Labute approximate surface area is 181 Å². The fourth-order valence-corrected chi connectivity index (χ4v) is 3.44. The Morgan fingerprint density at radius 2 is 2.03 bits per heavy atom. The fourth-order valence-electron chi connectivity index (χ4n) is 3.44. The number of carbonyl (C=O) groups excluding carboxylic acids is 3. The lowest BCUT2D eigenvalue weighted by molar-refractivity contribution is -0.132. The van der Waals surface area contributed by atoms with E-state index in [9.17, 15) is 14.4 Å². The molecule has 8 nitrogen and oxygen atoms in total. The predicted octanol–water partition coefficient (Wildman–Crippen LogP) is 1.65. The van der Waals surface area contributed by atoms with Gasteiger partial charge in [-0.05, 0) is 36.6 Å². The molecule has 0 aromatic heterocycles. The molecule has 0 aliphatic carbocycles. The zero-order chi connectivity index (χ0) is 23.5. The molecule has 2 fully saturated rings. The van der Waals surface area contributed by atoms with E-state index >= 15 is 0 Å². The minimum Gasteiger partial charge on any atom is -0.356 e. The van der Waals surface area contributed by atoms with Crippen LogP contribution in [0.1, 0.15) is 60.8 Å². The molecule has 2 rings (SSSR count). The lowest BCUT2D eigenvalue weighted by Crippen LogP contribution is -2.32. The number of nitrogens with zero attached hydrogens (tertiary/aromatic N) is 2. The van der Waals surface area contributed by atoms with Gasteiger partial charge < -0.3 is 21.3 Å². The molecule has 2 heterocycles. The van der Waals surface area contributed by atoms with Crippen LogP contribution >= 0.6 is 0 Å². The summed E-state index contributed by atoms with van der Waals surface area (Å²) in [5.41, 5.74) is 4.89. The van der Waals surface area contributed by atoms with Crippen LogP contribution in [0, 0.1) is 34.0 Å². The third kappa shape index (κ3) is 9.57. The van der Waals surface area contributed by atoms with Gasteiger partial charge in [0.25, 0.3) is 0 Å². The molecule has 3 amide bonds. The summed E-state index contributed by atoms with van der Waals surface area (Å²) in [4.78, 5) is 35.2. The zero-order valence-electron chi connectivity index (χ0n) is 19.7. The Morgan fingerprint density at radius 3 is 2.40 bits per heavy atom. The van der Waals surface area contributed by atoms with Crippen LogP contribution in [0.25, 0.3) is 0 Å². The number of hydrogen-bond donors (Lipinski definition) is 3. The summed E-state index contributed by atoms with van der Waals surface area (Å²) < 4.78 is 0. The highest BCUT2D eigenvalue weighted by Gasteiger charge is 2.38. The first-order valence-corrected chi connectivity index (χ1v) is 10.6. The van der Waals surface area contributed by atoms with E-state index in [2.05, 4.69) is 57.9 Å². The number of nitriles is 1. The molecule has 0 radical (unpaired) electrons. The number of rotatable bonds is 5. The molecular formula is C22H41N5O3. The predicted molar refractivity (Wildman–Crippen MR) is 118 cm³/mol. The lowest BCUT2D eigenvalue weighted by atomic mass is 9.84. The van der Waals surface area contributed by atoms with Crippen LogP contribution in [-0.2, 0) is 14.4 Å². The molecule has 3 atom stereocenters. The van der Waals surface area contributed by atoms with Crippen LogP contribution < -0.4 is 16.4 Å². The van der Waals surface area contributed by atoms with Gasteiger partial charge in [-0.25, -0.2) is 0 Å². The first-order chi connectivity index (χ1) is 13.9. The van der Waals surface area contributed by atoms with Gasteiger partial charge in [0.05, 0.1) is 6.07 Å². The molecule has 2 saturated heterocycles. The van der Waals surface area contributed by atoms with E-state index in [-0.39, 0.29) is 22.7 Å². The summed E-state index contributed by atoms with van der Waals surface area (Å²) in [5, 5.41) is 13.6. The summed E-state index contributed by atoms with van der Waals surface area (Å²) >= 11 is 0. The first-order valence-electron chi connectivity index (χ1n) is 10.6. The van der Waals surface area contributed by atoms with Crippen molar-refractivity contribution in [3.8, 4) is 6.07 Å². The van der Waals surface area contributed by atoms with Crippen molar-refractivity contribution in [2.75, 3.05) is 26.7 Å². The van der Waals surface area contributed by atoms with E-state index in [1.165, 1.54) is 7.05 Å². The van der Waals surface area contributed by atoms with E-state index in [0.717, 1.165) is 19.5 Å². The average molecular weight is 424 g/mol. The highest BCUT2D eigenvalue weighted by Crippen LogP contribution is 2.35. The minimum atomic E-state index is -0.550. The largest absolute Gasteiger partial charge is 0.356 e. The van der Waals surface area contributed by atoms with Crippen molar-refractivity contribution in [2.45, 2.75) is 66.8 Å². The summed E-state index contributed by atoms with van der Waals surface area (Å²) in [7, 11) is 1.50. The van der Waals surface area contributed by atoms with Gasteiger partial charge in [-0.1, -0.05) is 41.5 Å². The number of hydrogen-bond acceptors (Lipinski definition) is 5. The summed E-state index contributed by atoms with van der Waals surface area (Å²) in [6.07, 6.45) is 2.30. The van der Waals surface area contributed by atoms with Crippen molar-refractivity contribution in [1.29, 1.82) is 5.26 Å². The molecule has 2 aliphatic heterocycles. The molecule has 0 aromatic rings. The van der Waals surface area contributed by atoms with Crippen molar-refractivity contribution in [3.05, 3.63) is 0 Å². The van der Waals surface area contributed by atoms with Crippen LogP contribution in [0.4, 0.5) is 0 Å². The minimum absolute atomic E-state index is 0.0204. The fraction of sp³-hybridized carbons (Fsp3) is 0.818. The van der Waals surface area contributed by atoms with Crippen molar-refractivity contribution < 1.29 is 14.4 Å². The zero-order valence-corrected chi connectivity index (χ0v) is 19.7. The van der Waals surface area contributed by atoms with Gasteiger partial charge in [0.15, 0.2) is 0 Å².